The standard InChI is InChI=1S/C48H43N13O23S7/c62-47-35-17-32(54-58-37-11-8-28(49-22-85(64,65)66)19-40(37)51-24-87(70,71)72)6-4-26(35)14-43(90(79,80)81)45(47)60-56-31-3-1-2-30(16-31)53-39-13-10-34(21-42(39)89(76,77)78)57-61-46-44(91(82,83)84)15-27-5-7-33(18-36(27)48(46)63)55-59-38-12-9-29(50-23-86(67,68)69)20-41(38)52-25-88(73,74)75/h1-21,49-53,56-57H,22-25H2,(H,64,65,66)(H,67,68,69)(H,70,71,72)(H,73,74,75)(H,76,77,78)(H,79,80,81)(H,82,83,84)/b58-54?,59-55?,60-45+,61-46+. The minimum Gasteiger partial charge on any atom is -0.370 e. The van der Waals surface area contributed by atoms with Gasteiger partial charge >= 0.3 is 0 Å². The van der Waals surface area contributed by atoms with Crippen molar-refractivity contribution < 1.29 is 100 Å². The monoisotopic (exact) mass is 1390 g/mol. The van der Waals surface area contributed by atoms with E-state index in [1.807, 2.05) is 0 Å². The number of carbonyl (C=O) groups is 2. The van der Waals surface area contributed by atoms with Crippen molar-refractivity contribution in [3.05, 3.63) is 147 Å². The summed E-state index contributed by atoms with van der Waals surface area (Å²) in [7, 11) is -33.8. The molecule has 0 heterocycles. The Morgan fingerprint density at radius 3 is 1.16 bits per heavy atom. The lowest BCUT2D eigenvalue weighted by Gasteiger charge is -2.17. The minimum atomic E-state index is -5.23. The quantitative estimate of drug-likeness (QED) is 0.0169. The van der Waals surface area contributed by atoms with Gasteiger partial charge in [-0.25, -0.2) is 0 Å². The van der Waals surface area contributed by atoms with Gasteiger partial charge in [-0.05, 0) is 120 Å². The molecule has 0 saturated heterocycles. The number of Topliss-reactive ketones (excluding diaryl/α,β-unsaturated/α-hetero) is 2. The van der Waals surface area contributed by atoms with Crippen molar-refractivity contribution in [3.63, 3.8) is 0 Å². The fraction of sp³-hybridized carbons (Fsp3) is 0.0833. The molecule has 8 rings (SSSR count). The molecule has 36 nitrogen and oxygen atoms in total. The summed E-state index contributed by atoms with van der Waals surface area (Å²) in [5.74, 6) is -6.16. The second-order valence-corrected chi connectivity index (χ2v) is 28.7. The number of hydrogen-bond donors (Lipinski definition) is 14. The topological polar surface area (TPSA) is 573 Å². The Morgan fingerprint density at radius 2 is 0.758 bits per heavy atom. The van der Waals surface area contributed by atoms with Crippen molar-refractivity contribution >= 4 is 174 Å². The smallest absolute Gasteiger partial charge is 0.296 e. The first-order chi connectivity index (χ1) is 42.2. The zero-order valence-electron chi connectivity index (χ0n) is 45.2. The van der Waals surface area contributed by atoms with Crippen LogP contribution in [0, 0.1) is 0 Å². The highest BCUT2D eigenvalue weighted by Gasteiger charge is 2.35. The molecule has 0 spiro atoms. The van der Waals surface area contributed by atoms with Gasteiger partial charge in [0, 0.05) is 28.2 Å². The van der Waals surface area contributed by atoms with Crippen molar-refractivity contribution in [2.75, 3.05) is 60.9 Å². The summed E-state index contributed by atoms with van der Waals surface area (Å²) in [4.78, 5) is 25.2. The van der Waals surface area contributed by atoms with E-state index < -0.39 is 132 Å². The number of rotatable bonds is 25. The number of nitrogens with one attached hydrogen (secondary N) is 7. The molecule has 0 aromatic heterocycles. The van der Waals surface area contributed by atoms with E-state index in [4.69, 9.17) is 9.11 Å². The Morgan fingerprint density at radius 1 is 0.363 bits per heavy atom. The molecule has 6 aromatic rings. The van der Waals surface area contributed by atoms with Gasteiger partial charge in [-0.1, -0.05) is 18.2 Å². The Balaban J connectivity index is 1.01. The molecule has 91 heavy (non-hydrogen) atoms. The van der Waals surface area contributed by atoms with Gasteiger partial charge in [-0.2, -0.15) is 79.4 Å². The molecule has 2 aliphatic carbocycles. The van der Waals surface area contributed by atoms with Crippen molar-refractivity contribution in [2.24, 2.45) is 30.7 Å². The van der Waals surface area contributed by atoms with Crippen LogP contribution >= 0.6 is 0 Å². The van der Waals surface area contributed by atoms with E-state index in [0.29, 0.717) is 0 Å². The molecular formula is C48H43N13O23S7. The van der Waals surface area contributed by atoms with Crippen molar-refractivity contribution in [1.29, 1.82) is 0 Å². The highest BCUT2D eigenvalue weighted by Crippen LogP contribution is 2.36. The Kier molecular flexibility index (Phi) is 19.5. The summed E-state index contributed by atoms with van der Waals surface area (Å²) in [6.45, 7) is 0. The molecular weight excluding hydrogens is 1350 g/mol. The molecule has 480 valence electrons. The van der Waals surface area contributed by atoms with E-state index >= 15 is 0 Å². The maximum Gasteiger partial charge on any atom is 0.296 e. The SMILES string of the molecule is O=C1/C(=N/Nc2cccc(Nc3ccc(N/N=C4/C(=O)c5cc(N=Nc6ccc(NCS(=O)(=O)O)cc6NCS(=O)(=O)O)ccc5C=C4S(=O)(=O)O)cc3S(=O)(=O)O)c2)C(S(=O)(=O)O)=Cc2ccc(N=Nc3ccc(NCS(=O)(=O)O)cc3NCS(=O)(=O)O)cc21. The Bertz CT molecular complexity index is 5060. The van der Waals surface area contributed by atoms with Crippen molar-refractivity contribution in [2.45, 2.75) is 4.90 Å². The lowest BCUT2D eigenvalue weighted by atomic mass is 9.94. The third-order valence-electron chi connectivity index (χ3n) is 11.9. The molecule has 0 unspecified atom stereocenters. The molecule has 6 aromatic carbocycles. The number of azo groups is 2. The van der Waals surface area contributed by atoms with E-state index in [1.54, 1.807) is 0 Å². The second-order valence-electron chi connectivity index (χ2n) is 18.7. The normalized spacial score (nSPS) is 15.0. The number of hydrazone groups is 2. The molecule has 43 heteroatoms. The molecule has 0 saturated carbocycles. The van der Waals surface area contributed by atoms with Crippen LogP contribution in [0.25, 0.3) is 12.2 Å². The third-order valence-corrected chi connectivity index (χ3v) is 16.6. The maximum atomic E-state index is 14.0. The van der Waals surface area contributed by atoms with Gasteiger partial charge in [0.25, 0.3) is 70.8 Å². The average molecular weight is 1390 g/mol. The Labute approximate surface area is 515 Å². The number of allylic oxidation sites excluding steroid dienone is 2. The van der Waals surface area contributed by atoms with Gasteiger partial charge in [0.05, 0.1) is 39.8 Å². The van der Waals surface area contributed by atoms with Gasteiger partial charge < -0.3 is 26.6 Å². The van der Waals surface area contributed by atoms with Crippen LogP contribution in [0.3, 0.4) is 0 Å². The summed E-state index contributed by atoms with van der Waals surface area (Å²) in [6, 6.07) is 23.1. The summed E-state index contributed by atoms with van der Waals surface area (Å²) in [6.07, 6.45) is 1.80. The van der Waals surface area contributed by atoms with E-state index in [1.165, 1.54) is 84.9 Å². The van der Waals surface area contributed by atoms with Gasteiger partial charge in [-0.15, -0.1) is 10.2 Å². The molecule has 0 amide bonds. The summed E-state index contributed by atoms with van der Waals surface area (Å²) in [5, 5.41) is 36.2. The predicted octanol–water partition coefficient (Wildman–Crippen LogP) is 6.32. The van der Waals surface area contributed by atoms with Crippen LogP contribution in [-0.4, -0.2) is 137 Å². The average Bonchev–Trinajstić information content (AvgIpc) is 0.839. The predicted molar refractivity (Wildman–Crippen MR) is 330 cm³/mol. The van der Waals surface area contributed by atoms with Crippen LogP contribution in [0.1, 0.15) is 31.8 Å². The highest BCUT2D eigenvalue weighted by molar-refractivity contribution is 7.91. The number of carbonyl (C=O) groups excluding carboxylic acids is 2. The van der Waals surface area contributed by atoms with E-state index in [9.17, 15) is 91.3 Å². The fourth-order valence-corrected chi connectivity index (χ4v) is 11.4. The zero-order valence-corrected chi connectivity index (χ0v) is 50.9. The van der Waals surface area contributed by atoms with E-state index in [0.717, 1.165) is 42.5 Å². The maximum absolute atomic E-state index is 14.0. The first-order valence-electron chi connectivity index (χ1n) is 24.6. The van der Waals surface area contributed by atoms with Crippen LogP contribution in [0.2, 0.25) is 0 Å². The molecule has 0 bridgehead atoms. The minimum absolute atomic E-state index is 0.00810. The largest absolute Gasteiger partial charge is 0.370 e. The van der Waals surface area contributed by atoms with Crippen LogP contribution in [0.4, 0.5) is 68.2 Å². The van der Waals surface area contributed by atoms with Gasteiger partial charge in [0.15, 0.2) is 11.4 Å². The highest BCUT2D eigenvalue weighted by atomic mass is 32.2. The molecule has 0 atom stereocenters. The molecule has 0 fully saturated rings. The van der Waals surface area contributed by atoms with Gasteiger partial charge in [-0.3, -0.25) is 52.3 Å². The summed E-state index contributed by atoms with van der Waals surface area (Å²) >= 11 is 0. The number of hydrogen-bond acceptors (Lipinski definition) is 29. The first kappa shape index (κ1) is 67.6. The Hall–Kier alpha value is -9.35. The van der Waals surface area contributed by atoms with Crippen LogP contribution in [0.5, 0.6) is 0 Å². The summed E-state index contributed by atoms with van der Waals surface area (Å²) in [5.41, 5.74) is 1.35. The number of benzene rings is 6. The lowest BCUT2D eigenvalue weighted by molar-refractivity contribution is 0.105. The van der Waals surface area contributed by atoms with Crippen LogP contribution < -0.4 is 37.4 Å². The zero-order chi connectivity index (χ0) is 66.6. The number of fused-ring (bicyclic) bond motifs is 2. The number of anilines is 8. The van der Waals surface area contributed by atoms with Crippen molar-refractivity contribution in [1.82, 2.24) is 0 Å². The number of nitrogens with zero attached hydrogens (tertiary/aromatic N) is 6. The molecule has 0 radical (unpaired) electrons. The lowest BCUT2D eigenvalue weighted by Crippen LogP contribution is -2.27. The van der Waals surface area contributed by atoms with Crippen LogP contribution in [-0.2, 0) is 70.8 Å². The van der Waals surface area contributed by atoms with Crippen molar-refractivity contribution in [3.8, 4) is 0 Å². The third kappa shape index (κ3) is 18.6. The molecule has 2 aliphatic rings. The fourth-order valence-electron chi connectivity index (χ4n) is 7.99. The van der Waals surface area contributed by atoms with E-state index in [2.05, 4.69) is 68.1 Å². The van der Waals surface area contributed by atoms with Crippen LogP contribution in [0.15, 0.2) is 161 Å². The van der Waals surface area contributed by atoms with Gasteiger partial charge in [0.2, 0.25) is 11.6 Å². The first-order valence-corrected chi connectivity index (χ1v) is 35.3. The van der Waals surface area contributed by atoms with E-state index in [-0.39, 0.29) is 90.5 Å². The second kappa shape index (κ2) is 26.2. The molecule has 0 aliphatic heterocycles. The van der Waals surface area contributed by atoms with Gasteiger partial charge in [0.1, 0.15) is 49.6 Å². The molecule has 14 N–H and O–H groups in total. The number of ketones is 2. The summed E-state index contributed by atoms with van der Waals surface area (Å²) < 4.78 is 235.